The maximum Gasteiger partial charge on any atom is 0.130 e. The summed E-state index contributed by atoms with van der Waals surface area (Å²) in [6.45, 7) is 4.52. The molecule has 0 heterocycles. The SMILES string of the molecule is CCCCCC1CCC(C2CCC(c3ccc(C4=CCC(c5ccc(CC)cc5)CC4)c(F)c3)CC2)CC1. The van der Waals surface area contributed by atoms with E-state index in [2.05, 4.69) is 56.3 Å². The van der Waals surface area contributed by atoms with Crippen molar-refractivity contribution in [3.05, 3.63) is 76.6 Å². The zero-order valence-corrected chi connectivity index (χ0v) is 24.2. The molecule has 0 amide bonds. The summed E-state index contributed by atoms with van der Waals surface area (Å²) in [5.41, 5.74) is 6.14. The number of hydrogen-bond acceptors (Lipinski definition) is 0. The van der Waals surface area contributed by atoms with E-state index < -0.39 is 0 Å². The van der Waals surface area contributed by atoms with E-state index in [-0.39, 0.29) is 5.82 Å². The Hall–Kier alpha value is -1.89. The van der Waals surface area contributed by atoms with E-state index in [9.17, 15) is 0 Å². The summed E-state index contributed by atoms with van der Waals surface area (Å²) < 4.78 is 15.4. The molecule has 2 aromatic carbocycles. The van der Waals surface area contributed by atoms with Gasteiger partial charge in [0.25, 0.3) is 0 Å². The lowest BCUT2D eigenvalue weighted by molar-refractivity contribution is 0.155. The van der Waals surface area contributed by atoms with Crippen LogP contribution in [0.2, 0.25) is 0 Å². The zero-order chi connectivity index (χ0) is 26.3. The maximum absolute atomic E-state index is 15.4. The number of rotatable bonds is 9. The number of allylic oxidation sites excluding steroid dienone is 2. The molecule has 0 bridgehead atoms. The summed E-state index contributed by atoms with van der Waals surface area (Å²) in [6, 6.07) is 15.4. The normalized spacial score (nSPS) is 28.2. The van der Waals surface area contributed by atoms with Gasteiger partial charge in [0, 0.05) is 5.56 Å². The van der Waals surface area contributed by atoms with Crippen LogP contribution in [-0.4, -0.2) is 0 Å². The summed E-state index contributed by atoms with van der Waals surface area (Å²) >= 11 is 0. The molecule has 0 radical (unpaired) electrons. The van der Waals surface area contributed by atoms with Crippen LogP contribution in [0.3, 0.4) is 0 Å². The lowest BCUT2D eigenvalue weighted by atomic mass is 9.68. The highest BCUT2D eigenvalue weighted by Crippen LogP contribution is 2.45. The third kappa shape index (κ3) is 6.81. The molecule has 2 aromatic rings. The molecule has 0 nitrogen and oxygen atoms in total. The second-order valence-corrected chi connectivity index (χ2v) is 12.9. The summed E-state index contributed by atoms with van der Waals surface area (Å²) in [6.07, 6.45) is 23.3. The molecule has 3 aliphatic rings. The fraction of sp³-hybridized carbons (Fsp3) is 0.622. The Balaban J connectivity index is 1.11. The highest BCUT2D eigenvalue weighted by Gasteiger charge is 2.31. The first-order chi connectivity index (χ1) is 18.6. The number of hydrogen-bond donors (Lipinski definition) is 0. The largest absolute Gasteiger partial charge is 0.206 e. The standard InChI is InChI=1S/C37H51F/c1-3-5-6-7-28-10-14-30(15-11-28)31-16-18-33(19-17-31)35-24-25-36(37(38)26-35)34-22-20-32(21-23-34)29-12-8-27(4-2)9-13-29/h8-9,12-13,22,24-26,28,30-33H,3-7,10-11,14-21,23H2,1-2H3. The minimum atomic E-state index is 0.00279. The van der Waals surface area contributed by atoms with Crippen LogP contribution in [0.25, 0.3) is 5.57 Å². The third-order valence-corrected chi connectivity index (χ3v) is 10.6. The van der Waals surface area contributed by atoms with Gasteiger partial charge < -0.3 is 0 Å². The van der Waals surface area contributed by atoms with Crippen LogP contribution in [0.4, 0.5) is 4.39 Å². The number of halogens is 1. The van der Waals surface area contributed by atoms with Gasteiger partial charge in [0.15, 0.2) is 0 Å². The molecule has 206 valence electrons. The Kier molecular flexibility index (Phi) is 9.79. The average molecular weight is 515 g/mol. The molecule has 0 aromatic heterocycles. The Labute approximate surface area is 232 Å². The van der Waals surface area contributed by atoms with E-state index >= 15 is 4.39 Å². The third-order valence-electron chi connectivity index (χ3n) is 10.6. The predicted octanol–water partition coefficient (Wildman–Crippen LogP) is 11.4. The van der Waals surface area contributed by atoms with Crippen LogP contribution in [0.15, 0.2) is 48.5 Å². The van der Waals surface area contributed by atoms with E-state index in [1.807, 2.05) is 6.07 Å². The predicted molar refractivity (Wildman–Crippen MR) is 161 cm³/mol. The van der Waals surface area contributed by atoms with Crippen LogP contribution < -0.4 is 0 Å². The molecule has 1 unspecified atom stereocenters. The number of unbranched alkanes of at least 4 members (excludes halogenated alkanes) is 2. The summed E-state index contributed by atoms with van der Waals surface area (Å²) in [4.78, 5) is 0. The van der Waals surface area contributed by atoms with Gasteiger partial charge in [-0.15, -0.1) is 0 Å². The van der Waals surface area contributed by atoms with Crippen molar-refractivity contribution in [2.45, 2.75) is 128 Å². The van der Waals surface area contributed by atoms with Gasteiger partial charge in [0.1, 0.15) is 5.82 Å². The molecule has 0 N–H and O–H groups in total. The van der Waals surface area contributed by atoms with Crippen molar-refractivity contribution in [2.24, 2.45) is 17.8 Å². The smallest absolute Gasteiger partial charge is 0.130 e. The zero-order valence-electron chi connectivity index (χ0n) is 24.2. The van der Waals surface area contributed by atoms with E-state index in [1.54, 1.807) is 0 Å². The van der Waals surface area contributed by atoms with Crippen molar-refractivity contribution in [3.8, 4) is 0 Å². The Morgan fingerprint density at radius 2 is 1.39 bits per heavy atom. The molecule has 2 saturated carbocycles. The minimum absolute atomic E-state index is 0.00279. The molecule has 5 rings (SSSR count). The van der Waals surface area contributed by atoms with Crippen molar-refractivity contribution in [1.29, 1.82) is 0 Å². The Bertz CT molecular complexity index is 1030. The van der Waals surface area contributed by atoms with E-state index in [4.69, 9.17) is 0 Å². The molecular formula is C37H51F. The highest BCUT2D eigenvalue weighted by atomic mass is 19.1. The van der Waals surface area contributed by atoms with E-state index in [0.717, 1.165) is 49.0 Å². The van der Waals surface area contributed by atoms with Gasteiger partial charge in [0.05, 0.1) is 0 Å². The van der Waals surface area contributed by atoms with Crippen LogP contribution in [0.1, 0.15) is 144 Å². The molecule has 0 saturated heterocycles. The van der Waals surface area contributed by atoms with Gasteiger partial charge in [-0.3, -0.25) is 0 Å². The van der Waals surface area contributed by atoms with Gasteiger partial charge in [-0.25, -0.2) is 4.39 Å². The second kappa shape index (κ2) is 13.5. The summed E-state index contributed by atoms with van der Waals surface area (Å²) in [5.74, 6) is 4.01. The quantitative estimate of drug-likeness (QED) is 0.292. The molecule has 0 aliphatic heterocycles. The number of benzene rings is 2. The lowest BCUT2D eigenvalue weighted by Gasteiger charge is -2.38. The lowest BCUT2D eigenvalue weighted by Crippen LogP contribution is -2.25. The van der Waals surface area contributed by atoms with Crippen LogP contribution in [-0.2, 0) is 6.42 Å². The highest BCUT2D eigenvalue weighted by molar-refractivity contribution is 5.67. The van der Waals surface area contributed by atoms with Crippen molar-refractivity contribution < 1.29 is 4.39 Å². The van der Waals surface area contributed by atoms with Crippen molar-refractivity contribution in [1.82, 2.24) is 0 Å². The molecule has 1 atom stereocenters. The molecule has 0 spiro atoms. The Morgan fingerprint density at radius 1 is 0.711 bits per heavy atom. The van der Waals surface area contributed by atoms with Crippen molar-refractivity contribution >= 4 is 5.57 Å². The van der Waals surface area contributed by atoms with Crippen molar-refractivity contribution in [2.75, 3.05) is 0 Å². The second-order valence-electron chi connectivity index (χ2n) is 12.9. The Morgan fingerprint density at radius 3 is 2.00 bits per heavy atom. The molecule has 38 heavy (non-hydrogen) atoms. The molecule has 1 heteroatoms. The first-order valence-electron chi connectivity index (χ1n) is 16.2. The summed E-state index contributed by atoms with van der Waals surface area (Å²) in [5, 5.41) is 0. The molecule has 2 fully saturated rings. The van der Waals surface area contributed by atoms with Crippen LogP contribution in [0, 0.1) is 23.6 Å². The van der Waals surface area contributed by atoms with E-state index in [1.165, 1.54) is 99.3 Å². The van der Waals surface area contributed by atoms with Gasteiger partial charge in [-0.2, -0.15) is 0 Å². The van der Waals surface area contributed by atoms with E-state index in [0.29, 0.717) is 11.8 Å². The van der Waals surface area contributed by atoms with Gasteiger partial charge in [0.2, 0.25) is 0 Å². The minimum Gasteiger partial charge on any atom is -0.206 e. The van der Waals surface area contributed by atoms with Crippen LogP contribution >= 0.6 is 0 Å². The maximum atomic E-state index is 15.4. The van der Waals surface area contributed by atoms with Gasteiger partial charge >= 0.3 is 0 Å². The monoisotopic (exact) mass is 514 g/mol. The van der Waals surface area contributed by atoms with Gasteiger partial charge in [-0.05, 0) is 122 Å². The van der Waals surface area contributed by atoms with Crippen LogP contribution in [0.5, 0.6) is 0 Å². The summed E-state index contributed by atoms with van der Waals surface area (Å²) in [7, 11) is 0. The fourth-order valence-electron chi connectivity index (χ4n) is 8.01. The average Bonchev–Trinajstić information content (AvgIpc) is 2.98. The van der Waals surface area contributed by atoms with Gasteiger partial charge in [-0.1, -0.05) is 94.8 Å². The fourth-order valence-corrected chi connectivity index (χ4v) is 8.01. The number of aryl methyl sites for hydroxylation is 1. The van der Waals surface area contributed by atoms with Crippen molar-refractivity contribution in [3.63, 3.8) is 0 Å². The molecular weight excluding hydrogens is 463 g/mol. The first-order valence-corrected chi connectivity index (χ1v) is 16.2. The topological polar surface area (TPSA) is 0 Å². The molecule has 3 aliphatic carbocycles. The first kappa shape index (κ1) is 27.7.